The molecular weight excluding hydrogens is 146 g/mol. The van der Waals surface area contributed by atoms with Crippen LogP contribution in [-0.4, -0.2) is 14.1 Å². The third-order valence-corrected chi connectivity index (χ3v) is 1.41. The van der Waals surface area contributed by atoms with Crippen molar-refractivity contribution < 1.29 is 0 Å². The van der Waals surface area contributed by atoms with Crippen molar-refractivity contribution in [2.24, 2.45) is 0 Å². The Morgan fingerprint density at radius 1 is 1.00 bits per heavy atom. The van der Waals surface area contributed by atoms with Gasteiger partial charge in [0.2, 0.25) is 0 Å². The van der Waals surface area contributed by atoms with E-state index in [-0.39, 0.29) is 0 Å². The van der Waals surface area contributed by atoms with E-state index < -0.39 is 10.9 Å². The Hall–Kier alpha value is -1.36. The fourth-order valence-electron chi connectivity index (χ4n) is 0.874. The number of hydrogen-bond acceptors (Lipinski definition) is 5. The molecule has 0 amide bonds. The first-order valence-corrected chi connectivity index (χ1v) is 3.16. The largest absolute Gasteiger partial charge is 0.383 e. The van der Waals surface area contributed by atoms with Gasteiger partial charge in [0, 0.05) is 14.1 Å². The molecule has 3 N–H and O–H groups in total. The van der Waals surface area contributed by atoms with E-state index in [1.807, 2.05) is 0 Å². The second-order valence-corrected chi connectivity index (χ2v) is 2.03. The molecule has 0 atom stereocenters. The molecule has 0 saturated carbocycles. The molecule has 0 aromatic heterocycles. The second-order valence-electron chi connectivity index (χ2n) is 2.03. The zero-order chi connectivity index (χ0) is 8.43. The van der Waals surface area contributed by atoms with Gasteiger partial charge in [0.25, 0.3) is 10.9 Å². The maximum atomic E-state index is 10.8. The average molecular weight is 155 g/mol. The molecule has 60 valence electrons. The summed E-state index contributed by atoms with van der Waals surface area (Å²) < 4.78 is 0. The van der Waals surface area contributed by atoms with Crippen LogP contribution in [0.1, 0.15) is 0 Å². The van der Waals surface area contributed by atoms with E-state index in [1.54, 1.807) is 14.1 Å². The third-order valence-electron chi connectivity index (χ3n) is 1.41. The van der Waals surface area contributed by atoms with Gasteiger partial charge in [-0.3, -0.25) is 9.59 Å². The predicted octanol–water partition coefficient (Wildman–Crippen LogP) is -1.13. The van der Waals surface area contributed by atoms with E-state index in [2.05, 4.69) is 16.2 Å². The third kappa shape index (κ3) is 0.988. The summed E-state index contributed by atoms with van der Waals surface area (Å²) in [7, 11) is 3.22. The second kappa shape index (κ2) is 2.71. The first-order valence-electron chi connectivity index (χ1n) is 3.16. The number of rotatable bonds is 3. The van der Waals surface area contributed by atoms with E-state index in [9.17, 15) is 9.59 Å². The van der Waals surface area contributed by atoms with Crippen LogP contribution < -0.4 is 27.0 Å². The van der Waals surface area contributed by atoms with Crippen LogP contribution in [0.2, 0.25) is 0 Å². The van der Waals surface area contributed by atoms with Crippen LogP contribution >= 0.6 is 0 Å². The van der Waals surface area contributed by atoms with Crippen LogP contribution in [0.3, 0.4) is 0 Å². The lowest BCUT2D eigenvalue weighted by atomic mass is 10.2. The van der Waals surface area contributed by atoms with Crippen molar-refractivity contribution in [2.45, 2.75) is 0 Å². The van der Waals surface area contributed by atoms with Crippen LogP contribution in [0.4, 0.5) is 11.4 Å². The van der Waals surface area contributed by atoms with Crippen LogP contribution in [0.5, 0.6) is 0 Å². The highest BCUT2D eigenvalue weighted by atomic mass is 16.2. The molecule has 11 heavy (non-hydrogen) atoms. The molecule has 0 fully saturated rings. The summed E-state index contributed by atoms with van der Waals surface area (Å²) in [5.74, 6) is 0. The van der Waals surface area contributed by atoms with Crippen LogP contribution in [0.15, 0.2) is 9.59 Å². The maximum absolute atomic E-state index is 10.8. The van der Waals surface area contributed by atoms with E-state index in [0.717, 1.165) is 0 Å². The summed E-state index contributed by atoms with van der Waals surface area (Å²) in [6, 6.07) is 0. The maximum Gasteiger partial charge on any atom is 0.254 e. The van der Waals surface area contributed by atoms with E-state index in [4.69, 9.17) is 0 Å². The lowest BCUT2D eigenvalue weighted by molar-refractivity contribution is 0.974. The molecule has 0 saturated heterocycles. The summed E-state index contributed by atoms with van der Waals surface area (Å²) in [6.45, 7) is 0. The van der Waals surface area contributed by atoms with Gasteiger partial charge in [-0.25, -0.2) is 5.43 Å². The van der Waals surface area contributed by atoms with Crippen LogP contribution in [-0.2, 0) is 0 Å². The SMILES string of the molecule is CNNc1c(NC)c(=O)c1=O. The minimum Gasteiger partial charge on any atom is -0.383 e. The van der Waals surface area contributed by atoms with Crippen molar-refractivity contribution in [2.75, 3.05) is 24.8 Å². The molecule has 5 heteroatoms. The summed E-state index contributed by atoms with van der Waals surface area (Å²) in [5.41, 5.74) is 4.82. The monoisotopic (exact) mass is 155 g/mol. The fraction of sp³-hybridized carbons (Fsp3) is 0.333. The van der Waals surface area contributed by atoms with Crippen LogP contribution in [0, 0.1) is 0 Å². The lowest BCUT2D eigenvalue weighted by Gasteiger charge is -2.10. The zero-order valence-electron chi connectivity index (χ0n) is 6.32. The van der Waals surface area contributed by atoms with Gasteiger partial charge in [0.05, 0.1) is 0 Å². The van der Waals surface area contributed by atoms with E-state index in [1.165, 1.54) is 0 Å². The van der Waals surface area contributed by atoms with Gasteiger partial charge in [0.15, 0.2) is 0 Å². The molecule has 0 unspecified atom stereocenters. The normalized spacial score (nSPS) is 10.0. The van der Waals surface area contributed by atoms with Crippen molar-refractivity contribution in [1.29, 1.82) is 0 Å². The van der Waals surface area contributed by atoms with Crippen LogP contribution in [0.25, 0.3) is 0 Å². The molecular formula is C6H9N3O2. The number of anilines is 2. The summed E-state index contributed by atoms with van der Waals surface area (Å²) >= 11 is 0. The Kier molecular flexibility index (Phi) is 1.91. The van der Waals surface area contributed by atoms with Gasteiger partial charge in [-0.05, 0) is 0 Å². The van der Waals surface area contributed by atoms with Gasteiger partial charge in [-0.15, -0.1) is 0 Å². The molecule has 0 bridgehead atoms. The van der Waals surface area contributed by atoms with Gasteiger partial charge < -0.3 is 10.7 Å². The molecule has 0 aliphatic rings. The predicted molar refractivity (Wildman–Crippen MR) is 43.6 cm³/mol. The Morgan fingerprint density at radius 3 is 2.00 bits per heavy atom. The van der Waals surface area contributed by atoms with Crippen molar-refractivity contribution >= 4 is 11.4 Å². The highest BCUT2D eigenvalue weighted by Crippen LogP contribution is 2.10. The zero-order valence-corrected chi connectivity index (χ0v) is 6.32. The molecule has 0 radical (unpaired) electrons. The standard InChI is InChI=1S/C6H9N3O2/c1-7-3-4(9-8-2)6(11)5(3)10/h7-9H,1-2H3. The Bertz CT molecular complexity index is 324. The van der Waals surface area contributed by atoms with Crippen molar-refractivity contribution in [1.82, 2.24) is 5.43 Å². The van der Waals surface area contributed by atoms with Gasteiger partial charge >= 0.3 is 0 Å². The highest BCUT2D eigenvalue weighted by molar-refractivity contribution is 5.73. The van der Waals surface area contributed by atoms with E-state index >= 15 is 0 Å². The molecule has 1 aromatic rings. The Balaban J connectivity index is 2.98. The Morgan fingerprint density at radius 2 is 1.55 bits per heavy atom. The summed E-state index contributed by atoms with van der Waals surface area (Å²) in [6.07, 6.45) is 0. The quantitative estimate of drug-likeness (QED) is 0.380. The molecule has 1 aromatic carbocycles. The highest BCUT2D eigenvalue weighted by Gasteiger charge is 2.18. The summed E-state index contributed by atoms with van der Waals surface area (Å²) in [5, 5.41) is 2.62. The fourth-order valence-corrected chi connectivity index (χ4v) is 0.874. The van der Waals surface area contributed by atoms with Gasteiger partial charge in [-0.2, -0.15) is 0 Å². The first kappa shape index (κ1) is 7.74. The minimum absolute atomic E-state index is 0.306. The summed E-state index contributed by atoms with van der Waals surface area (Å²) in [4.78, 5) is 21.5. The smallest absolute Gasteiger partial charge is 0.254 e. The molecule has 1 rings (SSSR count). The first-order chi connectivity index (χ1) is 5.22. The molecule has 5 nitrogen and oxygen atoms in total. The van der Waals surface area contributed by atoms with Gasteiger partial charge in [-0.1, -0.05) is 0 Å². The van der Waals surface area contributed by atoms with Gasteiger partial charge in [0.1, 0.15) is 11.4 Å². The number of hydrazine groups is 1. The molecule has 0 heterocycles. The van der Waals surface area contributed by atoms with Crippen molar-refractivity contribution in [3.63, 3.8) is 0 Å². The molecule has 0 aliphatic heterocycles. The van der Waals surface area contributed by atoms with E-state index in [0.29, 0.717) is 11.4 Å². The molecule has 0 aliphatic carbocycles. The van der Waals surface area contributed by atoms with Crippen molar-refractivity contribution in [3.8, 4) is 0 Å². The average Bonchev–Trinajstić information content (AvgIpc) is 2.04. The molecule has 0 spiro atoms. The topological polar surface area (TPSA) is 70.2 Å². The Labute approximate surface area is 63.1 Å². The number of hydrogen-bond donors (Lipinski definition) is 3. The number of nitrogens with one attached hydrogen (secondary N) is 3. The lowest BCUT2D eigenvalue weighted by Crippen LogP contribution is -2.39. The van der Waals surface area contributed by atoms with Crippen molar-refractivity contribution in [3.05, 3.63) is 20.4 Å². The minimum atomic E-state index is -0.483.